The monoisotopic (exact) mass is 326 g/mol. The Morgan fingerprint density at radius 3 is 2.75 bits per heavy atom. The fourth-order valence-corrected chi connectivity index (χ4v) is 2.33. The molecule has 2 aromatic rings. The quantitative estimate of drug-likeness (QED) is 0.603. The molecule has 1 aromatic heterocycles. The summed E-state index contributed by atoms with van der Waals surface area (Å²) < 4.78 is 9.88. The summed E-state index contributed by atoms with van der Waals surface area (Å²) >= 11 is 0. The topological polar surface area (TPSA) is 72.6 Å². The minimum absolute atomic E-state index is 0.0980. The van der Waals surface area contributed by atoms with Crippen molar-refractivity contribution in [1.29, 1.82) is 0 Å². The molecule has 124 valence electrons. The molecule has 0 saturated heterocycles. The van der Waals surface area contributed by atoms with Crippen molar-refractivity contribution in [3.63, 3.8) is 0 Å². The Balaban J connectivity index is 1.68. The van der Waals surface area contributed by atoms with E-state index in [0.29, 0.717) is 5.89 Å². The maximum Gasteiger partial charge on any atom is 0.360 e. The Hall–Kier alpha value is -2.89. The summed E-state index contributed by atoms with van der Waals surface area (Å²) in [5, 5.41) is 0. The lowest BCUT2D eigenvalue weighted by atomic mass is 10.2. The molecule has 6 nitrogen and oxygen atoms in total. The van der Waals surface area contributed by atoms with E-state index in [4.69, 9.17) is 4.42 Å². The van der Waals surface area contributed by atoms with Crippen LogP contribution in [0.5, 0.6) is 0 Å². The molecule has 1 aliphatic rings. The molecule has 0 unspecified atom stereocenters. The van der Waals surface area contributed by atoms with Gasteiger partial charge in [-0.05, 0) is 24.5 Å². The smallest absolute Gasteiger partial charge is 0.360 e. The molecule has 0 spiro atoms. The minimum atomic E-state index is -0.557. The summed E-state index contributed by atoms with van der Waals surface area (Å²) in [4.78, 5) is 29.7. The average molecular weight is 326 g/mol. The Morgan fingerprint density at radius 1 is 1.33 bits per heavy atom. The average Bonchev–Trinajstić information content (AvgIpc) is 3.35. The molecular formula is C18H18N2O4. The number of aromatic nitrogens is 1. The number of esters is 1. The van der Waals surface area contributed by atoms with Gasteiger partial charge in [-0.15, -0.1) is 0 Å². The highest BCUT2D eigenvalue weighted by Crippen LogP contribution is 2.28. The highest BCUT2D eigenvalue weighted by atomic mass is 16.5. The van der Waals surface area contributed by atoms with Crippen molar-refractivity contribution in [2.24, 2.45) is 0 Å². The molecule has 3 rings (SSSR count). The van der Waals surface area contributed by atoms with Crippen LogP contribution in [0.1, 0.15) is 34.8 Å². The van der Waals surface area contributed by atoms with E-state index in [0.717, 1.165) is 18.4 Å². The molecule has 0 radical (unpaired) electrons. The summed E-state index contributed by atoms with van der Waals surface area (Å²) in [6, 6.07) is 9.83. The van der Waals surface area contributed by atoms with Crippen LogP contribution in [-0.2, 0) is 16.1 Å². The zero-order valence-electron chi connectivity index (χ0n) is 13.3. The van der Waals surface area contributed by atoms with Crippen LogP contribution in [0.2, 0.25) is 0 Å². The Labute approximate surface area is 139 Å². The molecule has 1 aromatic carbocycles. The molecule has 1 amide bonds. The van der Waals surface area contributed by atoms with Crippen LogP contribution in [0, 0.1) is 0 Å². The highest BCUT2D eigenvalue weighted by Gasteiger charge is 2.32. The number of hydrogen-bond donors (Lipinski definition) is 0. The van der Waals surface area contributed by atoms with E-state index in [1.165, 1.54) is 13.4 Å². The standard InChI is InChI=1S/C18H18N2O4/c1-23-18(22)15-12-24-16(19-15)11-20(14-8-9-14)17(21)10-7-13-5-3-2-4-6-13/h2-7,10,12,14H,8-9,11H2,1H3. The first kappa shape index (κ1) is 16.0. The molecule has 1 fully saturated rings. The molecule has 1 saturated carbocycles. The number of amides is 1. The van der Waals surface area contributed by atoms with Crippen LogP contribution in [0.4, 0.5) is 0 Å². The van der Waals surface area contributed by atoms with Crippen molar-refractivity contribution in [3.8, 4) is 0 Å². The summed E-state index contributed by atoms with van der Waals surface area (Å²) in [6.45, 7) is 0.236. The van der Waals surface area contributed by atoms with Gasteiger partial charge in [0.25, 0.3) is 0 Å². The first-order chi connectivity index (χ1) is 11.7. The third-order valence-corrected chi connectivity index (χ3v) is 3.74. The molecule has 0 atom stereocenters. The number of carbonyl (C=O) groups excluding carboxylic acids is 2. The maximum atomic E-state index is 12.5. The summed E-state index contributed by atoms with van der Waals surface area (Å²) in [5.41, 5.74) is 1.07. The van der Waals surface area contributed by atoms with Crippen molar-refractivity contribution >= 4 is 18.0 Å². The second-order valence-corrected chi connectivity index (χ2v) is 5.56. The van der Waals surface area contributed by atoms with Gasteiger partial charge < -0.3 is 14.1 Å². The van der Waals surface area contributed by atoms with Crippen LogP contribution in [0.3, 0.4) is 0 Å². The van der Waals surface area contributed by atoms with Crippen LogP contribution < -0.4 is 0 Å². The fourth-order valence-electron chi connectivity index (χ4n) is 2.33. The first-order valence-electron chi connectivity index (χ1n) is 7.74. The predicted octanol–water partition coefficient (Wildman–Crippen LogP) is 2.67. The second-order valence-electron chi connectivity index (χ2n) is 5.56. The summed E-state index contributed by atoms with van der Waals surface area (Å²) in [7, 11) is 1.28. The Bertz CT molecular complexity index is 747. The lowest BCUT2D eigenvalue weighted by molar-refractivity contribution is -0.127. The van der Waals surface area contributed by atoms with Gasteiger partial charge in [0, 0.05) is 12.1 Å². The van der Waals surface area contributed by atoms with Gasteiger partial charge in [-0.2, -0.15) is 0 Å². The van der Waals surface area contributed by atoms with Crippen molar-refractivity contribution in [1.82, 2.24) is 9.88 Å². The molecule has 0 aliphatic heterocycles. The van der Waals surface area contributed by atoms with Gasteiger partial charge in [0.15, 0.2) is 5.69 Å². The third kappa shape index (κ3) is 3.90. The zero-order chi connectivity index (χ0) is 16.9. The lowest BCUT2D eigenvalue weighted by Gasteiger charge is -2.18. The third-order valence-electron chi connectivity index (χ3n) is 3.74. The van der Waals surface area contributed by atoms with E-state index >= 15 is 0 Å². The van der Waals surface area contributed by atoms with Crippen molar-refractivity contribution in [2.75, 3.05) is 7.11 Å². The van der Waals surface area contributed by atoms with Gasteiger partial charge in [0.05, 0.1) is 13.7 Å². The normalized spacial score (nSPS) is 13.9. The van der Waals surface area contributed by atoms with E-state index in [9.17, 15) is 9.59 Å². The van der Waals surface area contributed by atoms with E-state index in [1.807, 2.05) is 30.3 Å². The number of hydrogen-bond acceptors (Lipinski definition) is 5. The largest absolute Gasteiger partial charge is 0.464 e. The number of rotatable bonds is 6. The van der Waals surface area contributed by atoms with Crippen LogP contribution in [0.15, 0.2) is 47.1 Å². The van der Waals surface area contributed by atoms with E-state index in [2.05, 4.69) is 9.72 Å². The van der Waals surface area contributed by atoms with Crippen LogP contribution >= 0.6 is 0 Å². The minimum Gasteiger partial charge on any atom is -0.464 e. The highest BCUT2D eigenvalue weighted by molar-refractivity contribution is 5.92. The molecule has 0 bridgehead atoms. The molecular weight excluding hydrogens is 308 g/mol. The molecule has 6 heteroatoms. The molecule has 1 aliphatic carbocycles. The summed E-state index contributed by atoms with van der Waals surface area (Å²) in [5.74, 6) is -0.332. The molecule has 24 heavy (non-hydrogen) atoms. The van der Waals surface area contributed by atoms with E-state index in [-0.39, 0.29) is 24.2 Å². The lowest BCUT2D eigenvalue weighted by Crippen LogP contribution is -2.31. The van der Waals surface area contributed by atoms with Gasteiger partial charge in [-0.3, -0.25) is 4.79 Å². The molecule has 0 N–H and O–H groups in total. The van der Waals surface area contributed by atoms with Crippen molar-refractivity contribution in [3.05, 3.63) is 59.8 Å². The number of oxazole rings is 1. The summed E-state index contributed by atoms with van der Waals surface area (Å²) in [6.07, 6.45) is 6.52. The Morgan fingerprint density at radius 2 is 2.08 bits per heavy atom. The molecule has 1 heterocycles. The van der Waals surface area contributed by atoms with Gasteiger partial charge in [0.2, 0.25) is 11.8 Å². The Kier molecular flexibility index (Phi) is 4.74. The van der Waals surface area contributed by atoms with Crippen LogP contribution in [-0.4, -0.2) is 34.9 Å². The first-order valence-corrected chi connectivity index (χ1v) is 7.74. The van der Waals surface area contributed by atoms with Crippen LogP contribution in [0.25, 0.3) is 6.08 Å². The van der Waals surface area contributed by atoms with Gasteiger partial charge >= 0.3 is 5.97 Å². The van der Waals surface area contributed by atoms with Gasteiger partial charge in [0.1, 0.15) is 6.26 Å². The maximum absolute atomic E-state index is 12.5. The van der Waals surface area contributed by atoms with E-state index in [1.54, 1.807) is 17.1 Å². The number of nitrogens with zero attached hydrogens (tertiary/aromatic N) is 2. The van der Waals surface area contributed by atoms with Crippen molar-refractivity contribution < 1.29 is 18.7 Å². The SMILES string of the molecule is COC(=O)c1coc(CN(C(=O)C=Cc2ccccc2)C2CC2)n1. The van der Waals surface area contributed by atoms with E-state index < -0.39 is 5.97 Å². The van der Waals surface area contributed by atoms with Gasteiger partial charge in [-0.1, -0.05) is 30.3 Å². The number of ether oxygens (including phenoxy) is 1. The zero-order valence-corrected chi connectivity index (χ0v) is 13.3. The predicted molar refractivity (Wildman–Crippen MR) is 86.9 cm³/mol. The number of carbonyl (C=O) groups is 2. The number of methoxy groups -OCH3 is 1. The van der Waals surface area contributed by atoms with Gasteiger partial charge in [-0.25, -0.2) is 9.78 Å². The number of benzene rings is 1. The second kappa shape index (κ2) is 7.12. The van der Waals surface area contributed by atoms with Crippen molar-refractivity contribution in [2.45, 2.75) is 25.4 Å². The fraction of sp³-hybridized carbons (Fsp3) is 0.278.